The second kappa shape index (κ2) is 5.05. The van der Waals surface area contributed by atoms with E-state index in [2.05, 4.69) is 43.8 Å². The number of anilines is 1. The van der Waals surface area contributed by atoms with E-state index in [1.54, 1.807) is 0 Å². The maximum Gasteiger partial charge on any atom is 0.307 e. The van der Waals surface area contributed by atoms with Crippen molar-refractivity contribution >= 4 is 56.1 Å². The fraction of sp³-hybridized carbons (Fsp3) is 0.385. The van der Waals surface area contributed by atoms with E-state index in [-0.39, 0.29) is 5.91 Å². The Bertz CT molecular complexity index is 559. The molecule has 1 aromatic rings. The first-order chi connectivity index (χ1) is 8.75. The summed E-state index contributed by atoms with van der Waals surface area (Å²) < 4.78 is 1.78. The largest absolute Gasteiger partial charge is 0.481 e. The predicted octanol–water partition coefficient (Wildman–Crippen LogP) is 3.35. The molecule has 0 unspecified atom stereocenters. The number of carbonyl (C=O) groups is 2. The first-order valence-corrected chi connectivity index (χ1v) is 7.61. The van der Waals surface area contributed by atoms with Gasteiger partial charge >= 0.3 is 5.97 Å². The Kier molecular flexibility index (Phi) is 3.92. The van der Waals surface area contributed by atoms with E-state index in [4.69, 9.17) is 5.11 Å². The average Bonchev–Trinajstić information content (AvgIpc) is 2.87. The number of hydrogen-bond acceptors (Lipinski definition) is 2. The molecule has 6 heteroatoms. The smallest absolute Gasteiger partial charge is 0.307 e. The maximum absolute atomic E-state index is 12.2. The van der Waals surface area contributed by atoms with Crippen molar-refractivity contribution in [3.05, 3.63) is 26.2 Å². The lowest BCUT2D eigenvalue weighted by Crippen LogP contribution is -2.18. The number of carboxylic acid groups (broad SMARTS) is 1. The minimum absolute atomic E-state index is 0.228. The lowest BCUT2D eigenvalue weighted by atomic mass is 10.1. The highest BCUT2D eigenvalue weighted by atomic mass is 127. The molecule has 0 heterocycles. The number of carbonyl (C=O) groups excluding carboxylic acids is 1. The molecule has 0 radical (unpaired) electrons. The van der Waals surface area contributed by atoms with Crippen LogP contribution in [0.25, 0.3) is 0 Å². The van der Waals surface area contributed by atoms with Gasteiger partial charge in [-0.1, -0.05) is 29.8 Å². The van der Waals surface area contributed by atoms with Gasteiger partial charge in [-0.05, 0) is 46.2 Å². The minimum atomic E-state index is -0.908. The van der Waals surface area contributed by atoms with Crippen molar-refractivity contribution in [2.24, 2.45) is 17.3 Å². The molecule has 1 saturated carbocycles. The van der Waals surface area contributed by atoms with Crippen LogP contribution in [0.3, 0.4) is 0 Å². The van der Waals surface area contributed by atoms with Gasteiger partial charge < -0.3 is 10.4 Å². The summed E-state index contributed by atoms with van der Waals surface area (Å²) in [7, 11) is 0. The molecule has 1 aliphatic carbocycles. The Morgan fingerprint density at radius 2 is 2.00 bits per heavy atom. The zero-order chi connectivity index (χ0) is 14.4. The third-order valence-corrected chi connectivity index (χ3v) is 5.00. The van der Waals surface area contributed by atoms with E-state index in [0.717, 1.165) is 8.04 Å². The van der Waals surface area contributed by atoms with Crippen LogP contribution >= 0.6 is 38.5 Å². The second-order valence-corrected chi connectivity index (χ2v) is 7.31. The number of rotatable bonds is 3. The molecular weight excluding hydrogens is 425 g/mol. The predicted molar refractivity (Wildman–Crippen MR) is 83.9 cm³/mol. The van der Waals surface area contributed by atoms with Gasteiger partial charge in [-0.25, -0.2) is 0 Å². The number of aliphatic carboxylic acids is 1. The molecule has 2 N–H and O–H groups in total. The lowest BCUT2D eigenvalue weighted by molar-refractivity contribution is -0.140. The summed E-state index contributed by atoms with van der Waals surface area (Å²) >= 11 is 5.48. The molecule has 1 amide bonds. The second-order valence-electron chi connectivity index (χ2n) is 5.23. The molecule has 1 aromatic carbocycles. The van der Waals surface area contributed by atoms with Crippen molar-refractivity contribution in [3.8, 4) is 0 Å². The van der Waals surface area contributed by atoms with Crippen LogP contribution in [0.4, 0.5) is 5.69 Å². The maximum atomic E-state index is 12.2. The van der Waals surface area contributed by atoms with Gasteiger partial charge in [0.15, 0.2) is 0 Å². The molecule has 1 aliphatic rings. The van der Waals surface area contributed by atoms with E-state index in [1.165, 1.54) is 0 Å². The summed E-state index contributed by atoms with van der Waals surface area (Å²) in [5.74, 6) is -2.21. The van der Waals surface area contributed by atoms with Gasteiger partial charge in [0, 0.05) is 8.04 Å². The minimum Gasteiger partial charge on any atom is -0.481 e. The van der Waals surface area contributed by atoms with Crippen LogP contribution in [0.15, 0.2) is 22.7 Å². The van der Waals surface area contributed by atoms with Crippen molar-refractivity contribution in [1.82, 2.24) is 0 Å². The monoisotopic (exact) mass is 437 g/mol. The van der Waals surface area contributed by atoms with Gasteiger partial charge in [0.1, 0.15) is 0 Å². The van der Waals surface area contributed by atoms with E-state index in [0.29, 0.717) is 5.69 Å². The van der Waals surface area contributed by atoms with Crippen molar-refractivity contribution in [3.63, 3.8) is 0 Å². The van der Waals surface area contributed by atoms with Gasteiger partial charge in [-0.15, -0.1) is 0 Å². The quantitative estimate of drug-likeness (QED) is 0.712. The van der Waals surface area contributed by atoms with Crippen LogP contribution < -0.4 is 5.32 Å². The molecule has 102 valence electrons. The number of amides is 1. The zero-order valence-electron chi connectivity index (χ0n) is 10.4. The highest BCUT2D eigenvalue weighted by molar-refractivity contribution is 14.1. The number of halogens is 2. The molecule has 2 rings (SSSR count). The molecule has 1 fully saturated rings. The molecule has 0 spiro atoms. The lowest BCUT2D eigenvalue weighted by Gasteiger charge is -2.08. The van der Waals surface area contributed by atoms with Crippen molar-refractivity contribution in [2.45, 2.75) is 13.8 Å². The fourth-order valence-corrected chi connectivity index (χ4v) is 3.22. The fourth-order valence-electron chi connectivity index (χ4n) is 2.39. The summed E-state index contributed by atoms with van der Waals surface area (Å²) in [5.41, 5.74) is 0.222. The molecular formula is C13H13BrINO3. The number of carboxylic acids is 1. The molecule has 19 heavy (non-hydrogen) atoms. The molecule has 2 atom stereocenters. The Morgan fingerprint density at radius 1 is 1.37 bits per heavy atom. The van der Waals surface area contributed by atoms with Crippen LogP contribution in [0.1, 0.15) is 13.8 Å². The summed E-state index contributed by atoms with van der Waals surface area (Å²) in [4.78, 5) is 23.3. The Hall–Kier alpha value is -0.630. The van der Waals surface area contributed by atoms with Crippen LogP contribution in [0.5, 0.6) is 0 Å². The van der Waals surface area contributed by atoms with Gasteiger partial charge in [-0.3, -0.25) is 9.59 Å². The molecule has 4 nitrogen and oxygen atoms in total. The summed E-state index contributed by atoms with van der Waals surface area (Å²) in [6.45, 7) is 3.61. The Labute approximate surface area is 133 Å². The zero-order valence-corrected chi connectivity index (χ0v) is 14.1. The van der Waals surface area contributed by atoms with Crippen LogP contribution in [0, 0.1) is 20.8 Å². The van der Waals surface area contributed by atoms with E-state index < -0.39 is 23.2 Å². The summed E-state index contributed by atoms with van der Waals surface area (Å²) in [6.07, 6.45) is 0. The summed E-state index contributed by atoms with van der Waals surface area (Å²) in [6, 6.07) is 5.58. The highest BCUT2D eigenvalue weighted by Crippen LogP contribution is 2.58. The third kappa shape index (κ3) is 2.79. The van der Waals surface area contributed by atoms with Crippen LogP contribution in [0.2, 0.25) is 0 Å². The van der Waals surface area contributed by atoms with Crippen molar-refractivity contribution in [2.75, 3.05) is 5.32 Å². The number of benzene rings is 1. The van der Waals surface area contributed by atoms with Gasteiger partial charge in [0.05, 0.1) is 17.5 Å². The molecule has 0 aliphatic heterocycles. The van der Waals surface area contributed by atoms with E-state index in [1.807, 2.05) is 32.0 Å². The van der Waals surface area contributed by atoms with E-state index >= 15 is 0 Å². The van der Waals surface area contributed by atoms with Crippen LogP contribution in [-0.2, 0) is 9.59 Å². The van der Waals surface area contributed by atoms with Crippen LogP contribution in [-0.4, -0.2) is 17.0 Å². The van der Waals surface area contributed by atoms with Crippen molar-refractivity contribution in [1.29, 1.82) is 0 Å². The number of nitrogens with one attached hydrogen (secondary N) is 1. The van der Waals surface area contributed by atoms with Gasteiger partial charge in [0.2, 0.25) is 5.91 Å². The number of hydrogen-bond donors (Lipinski definition) is 2. The van der Waals surface area contributed by atoms with Crippen molar-refractivity contribution < 1.29 is 14.7 Å². The standard InChI is InChI=1S/C13H13BrINO3/c1-13(2)9(10(13)12(18)19)11(17)16-8-5-6(14)3-4-7(8)15/h3-5,9-10H,1-2H3,(H,16,17)(H,18,19)/t9-,10+/m1/s1. The Balaban J connectivity index is 2.15. The van der Waals surface area contributed by atoms with Gasteiger partial charge in [-0.2, -0.15) is 0 Å². The topological polar surface area (TPSA) is 66.4 Å². The SMILES string of the molecule is CC1(C)[C@H](C(=O)O)[C@@H]1C(=O)Nc1cc(Br)ccc1I. The summed E-state index contributed by atoms with van der Waals surface area (Å²) in [5, 5.41) is 11.9. The first-order valence-electron chi connectivity index (χ1n) is 5.74. The normalized spacial score (nSPS) is 23.8. The third-order valence-electron chi connectivity index (χ3n) is 3.56. The van der Waals surface area contributed by atoms with E-state index in [9.17, 15) is 9.59 Å². The highest BCUT2D eigenvalue weighted by Gasteiger charge is 2.65. The molecule has 0 aromatic heterocycles. The molecule has 0 bridgehead atoms. The molecule has 0 saturated heterocycles. The Morgan fingerprint density at radius 3 is 2.53 bits per heavy atom. The first kappa shape index (κ1) is 14.8. The average molecular weight is 438 g/mol. The van der Waals surface area contributed by atoms with Gasteiger partial charge in [0.25, 0.3) is 0 Å².